The maximum absolute atomic E-state index is 5.14. The molecule has 0 unspecified atom stereocenters. The van der Waals surface area contributed by atoms with Crippen LogP contribution in [0, 0.1) is 0 Å². The molecule has 0 aliphatic rings. The Kier molecular flexibility index (Phi) is 5.10. The quantitative estimate of drug-likeness (QED) is 0.223. The molecule has 186 valence electrons. The van der Waals surface area contributed by atoms with Crippen molar-refractivity contribution in [2.45, 2.75) is 0 Å². The summed E-state index contributed by atoms with van der Waals surface area (Å²) in [6.45, 7) is 0. The summed E-state index contributed by atoms with van der Waals surface area (Å²) < 4.78 is 0. The van der Waals surface area contributed by atoms with Crippen LogP contribution in [0.25, 0.3) is 77.3 Å². The van der Waals surface area contributed by atoms with Crippen LogP contribution in [0.3, 0.4) is 0 Å². The number of aromatic nitrogens is 4. The van der Waals surface area contributed by atoms with Crippen LogP contribution in [-0.2, 0) is 0 Å². The van der Waals surface area contributed by atoms with E-state index in [4.69, 9.17) is 19.9 Å². The summed E-state index contributed by atoms with van der Waals surface area (Å²) in [7, 11) is 0. The third-order valence-corrected chi connectivity index (χ3v) is 7.52. The van der Waals surface area contributed by atoms with Gasteiger partial charge in [-0.25, -0.2) is 9.97 Å². The third kappa shape index (κ3) is 3.77. The predicted octanol–water partition coefficient (Wildman–Crippen LogP) is 8.88. The van der Waals surface area contributed by atoms with Crippen molar-refractivity contribution in [2.24, 2.45) is 0 Å². The zero-order valence-electron chi connectivity index (χ0n) is 21.5. The SMILES string of the molecule is c1ccc(-c2cnc3ccc4ccc(-c5ccc6ccc7ncc(-c8ccccc8)cc7c6n5)nc4c3c2)cc1. The van der Waals surface area contributed by atoms with Crippen molar-refractivity contribution < 1.29 is 0 Å². The molecule has 4 heterocycles. The van der Waals surface area contributed by atoms with E-state index in [-0.39, 0.29) is 0 Å². The first-order valence-corrected chi connectivity index (χ1v) is 13.3. The van der Waals surface area contributed by atoms with E-state index in [9.17, 15) is 0 Å². The Bertz CT molecular complexity index is 2050. The van der Waals surface area contributed by atoms with Crippen molar-refractivity contribution in [1.29, 1.82) is 0 Å². The highest BCUT2D eigenvalue weighted by molar-refractivity contribution is 6.07. The zero-order valence-corrected chi connectivity index (χ0v) is 21.5. The Balaban J connectivity index is 1.31. The van der Waals surface area contributed by atoms with Crippen molar-refractivity contribution >= 4 is 43.6 Å². The molecule has 0 bridgehead atoms. The number of fused-ring (bicyclic) bond motifs is 6. The number of hydrogen-bond acceptors (Lipinski definition) is 4. The van der Waals surface area contributed by atoms with E-state index in [2.05, 4.69) is 84.9 Å². The van der Waals surface area contributed by atoms with Crippen molar-refractivity contribution in [1.82, 2.24) is 19.9 Å². The topological polar surface area (TPSA) is 51.6 Å². The average Bonchev–Trinajstić information content (AvgIpc) is 3.04. The second-order valence-corrected chi connectivity index (χ2v) is 9.98. The molecule has 8 aromatic rings. The van der Waals surface area contributed by atoms with E-state index in [0.717, 1.165) is 77.3 Å². The first-order chi connectivity index (χ1) is 19.8. The van der Waals surface area contributed by atoms with Crippen LogP contribution in [0.4, 0.5) is 0 Å². The minimum absolute atomic E-state index is 0.830. The fourth-order valence-electron chi connectivity index (χ4n) is 5.44. The summed E-state index contributed by atoms with van der Waals surface area (Å²) in [5.41, 5.74) is 9.78. The van der Waals surface area contributed by atoms with Gasteiger partial charge in [0, 0.05) is 45.1 Å². The second kappa shape index (κ2) is 9.07. The van der Waals surface area contributed by atoms with Gasteiger partial charge in [-0.2, -0.15) is 0 Å². The van der Waals surface area contributed by atoms with Gasteiger partial charge in [0.15, 0.2) is 0 Å². The molecule has 0 saturated heterocycles. The molecule has 4 nitrogen and oxygen atoms in total. The standard InChI is InChI=1S/C36H22N4/c1-3-7-23(8-4-1)27-19-29-31(37-21-27)15-11-25-13-17-33(39-35(25)29)34-18-14-26-12-16-32-30(36(26)40-34)20-28(22-38-32)24-9-5-2-6-10-24/h1-22H. The molecule has 4 aromatic carbocycles. The van der Waals surface area contributed by atoms with Gasteiger partial charge in [0.25, 0.3) is 0 Å². The zero-order chi connectivity index (χ0) is 26.5. The maximum atomic E-state index is 5.14. The average molecular weight is 511 g/mol. The molecule has 0 spiro atoms. The predicted molar refractivity (Wildman–Crippen MR) is 164 cm³/mol. The number of rotatable bonds is 3. The van der Waals surface area contributed by atoms with E-state index >= 15 is 0 Å². The lowest BCUT2D eigenvalue weighted by Crippen LogP contribution is -1.93. The monoisotopic (exact) mass is 510 g/mol. The van der Waals surface area contributed by atoms with Crippen LogP contribution in [0.2, 0.25) is 0 Å². The van der Waals surface area contributed by atoms with Crippen molar-refractivity contribution in [3.05, 3.63) is 134 Å². The fourth-order valence-corrected chi connectivity index (χ4v) is 5.44. The van der Waals surface area contributed by atoms with E-state index in [1.54, 1.807) is 0 Å². The molecule has 4 aromatic heterocycles. The summed E-state index contributed by atoms with van der Waals surface area (Å²) in [6.07, 6.45) is 3.86. The molecule has 40 heavy (non-hydrogen) atoms. The lowest BCUT2D eigenvalue weighted by molar-refractivity contribution is 1.32. The van der Waals surface area contributed by atoms with Gasteiger partial charge in [-0.3, -0.25) is 9.97 Å². The smallest absolute Gasteiger partial charge is 0.0894 e. The molecular weight excluding hydrogens is 488 g/mol. The lowest BCUT2D eigenvalue weighted by Gasteiger charge is -2.10. The summed E-state index contributed by atoms with van der Waals surface area (Å²) in [5.74, 6) is 0. The summed E-state index contributed by atoms with van der Waals surface area (Å²) in [5, 5.41) is 4.21. The van der Waals surface area contributed by atoms with E-state index in [1.807, 2.05) is 48.8 Å². The van der Waals surface area contributed by atoms with Gasteiger partial charge in [-0.05, 0) is 47.5 Å². The number of benzene rings is 4. The highest BCUT2D eigenvalue weighted by Gasteiger charge is 2.11. The van der Waals surface area contributed by atoms with Gasteiger partial charge >= 0.3 is 0 Å². The Morgan fingerprint density at radius 1 is 0.375 bits per heavy atom. The molecular formula is C36H22N4. The molecule has 0 atom stereocenters. The van der Waals surface area contributed by atoms with Crippen LogP contribution in [-0.4, -0.2) is 19.9 Å². The van der Waals surface area contributed by atoms with Crippen LogP contribution in [0.1, 0.15) is 0 Å². The fraction of sp³-hybridized carbons (Fsp3) is 0. The molecule has 0 amide bonds. The molecule has 0 saturated carbocycles. The molecule has 0 aliphatic heterocycles. The molecule has 8 rings (SSSR count). The van der Waals surface area contributed by atoms with E-state index < -0.39 is 0 Å². The number of hydrogen-bond donors (Lipinski definition) is 0. The molecule has 0 N–H and O–H groups in total. The molecule has 0 fully saturated rings. The molecule has 0 aliphatic carbocycles. The Morgan fingerprint density at radius 3 is 1.25 bits per heavy atom. The minimum Gasteiger partial charge on any atom is -0.256 e. The van der Waals surface area contributed by atoms with E-state index in [0.29, 0.717) is 0 Å². The number of nitrogens with zero attached hydrogens (tertiary/aromatic N) is 4. The first kappa shape index (κ1) is 22.5. The lowest BCUT2D eigenvalue weighted by atomic mass is 10.0. The van der Waals surface area contributed by atoms with Gasteiger partial charge in [-0.15, -0.1) is 0 Å². The summed E-state index contributed by atoms with van der Waals surface area (Å²) in [6, 6.07) is 41.7. The largest absolute Gasteiger partial charge is 0.256 e. The van der Waals surface area contributed by atoms with Gasteiger partial charge in [0.1, 0.15) is 0 Å². The van der Waals surface area contributed by atoms with Gasteiger partial charge < -0.3 is 0 Å². The maximum Gasteiger partial charge on any atom is 0.0894 e. The normalized spacial score (nSPS) is 11.5. The summed E-state index contributed by atoms with van der Waals surface area (Å²) >= 11 is 0. The van der Waals surface area contributed by atoms with Crippen molar-refractivity contribution in [2.75, 3.05) is 0 Å². The first-order valence-electron chi connectivity index (χ1n) is 13.3. The highest BCUT2D eigenvalue weighted by Crippen LogP contribution is 2.32. The summed E-state index contributed by atoms with van der Waals surface area (Å²) in [4.78, 5) is 19.8. The van der Waals surface area contributed by atoms with Gasteiger partial charge in [0.2, 0.25) is 0 Å². The van der Waals surface area contributed by atoms with Crippen LogP contribution >= 0.6 is 0 Å². The second-order valence-electron chi connectivity index (χ2n) is 9.98. The van der Waals surface area contributed by atoms with Crippen LogP contribution < -0.4 is 0 Å². The van der Waals surface area contributed by atoms with Gasteiger partial charge in [-0.1, -0.05) is 84.9 Å². The van der Waals surface area contributed by atoms with Crippen LogP contribution in [0.5, 0.6) is 0 Å². The van der Waals surface area contributed by atoms with E-state index in [1.165, 1.54) is 0 Å². The van der Waals surface area contributed by atoms with Crippen molar-refractivity contribution in [3.8, 4) is 33.6 Å². The Labute approximate surface area is 230 Å². The number of pyridine rings is 4. The Morgan fingerprint density at radius 2 is 0.800 bits per heavy atom. The third-order valence-electron chi connectivity index (χ3n) is 7.52. The highest BCUT2D eigenvalue weighted by atomic mass is 14.8. The minimum atomic E-state index is 0.830. The van der Waals surface area contributed by atoms with Crippen LogP contribution in [0.15, 0.2) is 134 Å². The molecule has 4 heteroatoms. The van der Waals surface area contributed by atoms with Crippen molar-refractivity contribution in [3.63, 3.8) is 0 Å². The van der Waals surface area contributed by atoms with Gasteiger partial charge in [0.05, 0.1) is 33.5 Å². The Hall–Kier alpha value is -5.48. The molecule has 0 radical (unpaired) electrons.